The van der Waals surface area contributed by atoms with Crippen molar-refractivity contribution in [2.24, 2.45) is 17.6 Å². The van der Waals surface area contributed by atoms with Gasteiger partial charge in [0.1, 0.15) is 22.9 Å². The maximum atomic E-state index is 13.8. The molecule has 1 aromatic carbocycles. The van der Waals surface area contributed by atoms with Crippen LogP contribution in [0.2, 0.25) is 0 Å². The molecule has 6 N–H and O–H groups in total. The molecule has 0 aromatic heterocycles. The van der Waals surface area contributed by atoms with Gasteiger partial charge in [0, 0.05) is 23.5 Å². The molecule has 1 fully saturated rings. The number of Topliss-reactive ketones (excluding diaryl/α,β-unsaturated/α-hetero) is 1. The van der Waals surface area contributed by atoms with Crippen LogP contribution in [0.1, 0.15) is 55.2 Å². The average Bonchev–Trinajstić information content (AvgIpc) is 2.85. The number of amides is 1. The lowest BCUT2D eigenvalue weighted by Gasteiger charge is -2.51. The predicted molar refractivity (Wildman–Crippen MR) is 137 cm³/mol. The number of aliphatic hydroxyl groups is 3. The van der Waals surface area contributed by atoms with Gasteiger partial charge in [-0.2, -0.15) is 0 Å². The number of phenolic OH excluding ortho intramolecular Hbond substituents is 1. The van der Waals surface area contributed by atoms with E-state index in [0.717, 1.165) is 31.3 Å². The van der Waals surface area contributed by atoms with Crippen LogP contribution in [-0.2, 0) is 16.0 Å². The van der Waals surface area contributed by atoms with Crippen LogP contribution in [0.4, 0.5) is 0 Å². The Bertz CT molecular complexity index is 1360. The SMILES string of the molecule is CN(C)C1C(O)=C(C(N)=O)CC2(O)C(=O)C3=C(O)c4c(O)ccc(C#CC5=CCCCC5)c4CC3CC12. The fourth-order valence-corrected chi connectivity index (χ4v) is 6.55. The molecule has 4 aliphatic carbocycles. The molecule has 4 unspecified atom stereocenters. The first-order valence-electron chi connectivity index (χ1n) is 12.7. The number of hydrogen-bond acceptors (Lipinski definition) is 7. The average molecular weight is 505 g/mol. The van der Waals surface area contributed by atoms with Gasteiger partial charge in [-0.15, -0.1) is 0 Å². The minimum Gasteiger partial charge on any atom is -0.510 e. The van der Waals surface area contributed by atoms with E-state index >= 15 is 0 Å². The Morgan fingerprint density at radius 3 is 2.57 bits per heavy atom. The van der Waals surface area contributed by atoms with Crippen molar-refractivity contribution in [3.63, 3.8) is 0 Å². The summed E-state index contributed by atoms with van der Waals surface area (Å²) in [6, 6.07) is 2.37. The van der Waals surface area contributed by atoms with Crippen LogP contribution in [0.5, 0.6) is 5.75 Å². The Labute approximate surface area is 215 Å². The van der Waals surface area contributed by atoms with Gasteiger partial charge in [-0.1, -0.05) is 17.9 Å². The Balaban J connectivity index is 1.62. The van der Waals surface area contributed by atoms with Crippen LogP contribution in [0.15, 0.2) is 40.7 Å². The maximum Gasteiger partial charge on any atom is 0.248 e. The highest BCUT2D eigenvalue weighted by Crippen LogP contribution is 2.53. The van der Waals surface area contributed by atoms with Crippen molar-refractivity contribution in [3.8, 4) is 17.6 Å². The van der Waals surface area contributed by atoms with Gasteiger partial charge in [0.2, 0.25) is 5.91 Å². The summed E-state index contributed by atoms with van der Waals surface area (Å²) >= 11 is 0. The van der Waals surface area contributed by atoms with Gasteiger partial charge in [-0.3, -0.25) is 14.5 Å². The van der Waals surface area contributed by atoms with Crippen LogP contribution in [-0.4, -0.2) is 62.8 Å². The number of nitrogens with two attached hydrogens (primary N) is 1. The highest BCUT2D eigenvalue weighted by Gasteiger charge is 2.60. The first-order valence-corrected chi connectivity index (χ1v) is 12.7. The fourth-order valence-electron chi connectivity index (χ4n) is 6.55. The highest BCUT2D eigenvalue weighted by molar-refractivity contribution is 6.10. The third-order valence-electron chi connectivity index (χ3n) is 8.35. The van der Waals surface area contributed by atoms with Crippen molar-refractivity contribution < 1.29 is 30.0 Å². The molecule has 37 heavy (non-hydrogen) atoms. The molecule has 1 amide bonds. The van der Waals surface area contributed by atoms with Gasteiger partial charge in [0.05, 0.1) is 17.2 Å². The van der Waals surface area contributed by atoms with Crippen molar-refractivity contribution in [1.29, 1.82) is 0 Å². The van der Waals surface area contributed by atoms with E-state index in [9.17, 15) is 30.0 Å². The number of rotatable bonds is 2. The molecular weight excluding hydrogens is 472 g/mol. The fraction of sp³-hybridized carbons (Fsp3) is 0.448. The molecule has 5 rings (SSSR count). The summed E-state index contributed by atoms with van der Waals surface area (Å²) in [7, 11) is 3.39. The number of phenols is 1. The standard InChI is InChI=1S/C29H32N2O6/c1-31(2)24-20-13-17-12-18-16(9-8-15-6-4-3-5-7-15)10-11-21(32)23(18)26(34)22(17)27(35)29(20,37)14-19(25(24)33)28(30)36/h6,10-11,17,20,24,32-34,37H,3-5,7,12-14H2,1-2H3,(H2,30,36). The molecule has 1 aromatic rings. The quantitative estimate of drug-likeness (QED) is 0.390. The van der Waals surface area contributed by atoms with E-state index in [0.29, 0.717) is 17.5 Å². The van der Waals surface area contributed by atoms with Crippen molar-refractivity contribution in [3.05, 3.63) is 57.4 Å². The molecule has 4 atom stereocenters. The van der Waals surface area contributed by atoms with E-state index in [2.05, 4.69) is 17.9 Å². The van der Waals surface area contributed by atoms with Crippen LogP contribution in [0, 0.1) is 23.7 Å². The highest BCUT2D eigenvalue weighted by atomic mass is 16.3. The summed E-state index contributed by atoms with van der Waals surface area (Å²) in [4.78, 5) is 27.6. The monoisotopic (exact) mass is 504 g/mol. The van der Waals surface area contributed by atoms with Crippen LogP contribution in [0.25, 0.3) is 5.76 Å². The number of likely N-dealkylation sites (N-methyl/N-ethyl adjacent to an activating group) is 1. The second-order valence-corrected chi connectivity index (χ2v) is 10.8. The molecule has 8 nitrogen and oxygen atoms in total. The number of allylic oxidation sites excluding steroid dienone is 2. The summed E-state index contributed by atoms with van der Waals surface area (Å²) < 4.78 is 0. The lowest BCUT2D eigenvalue weighted by molar-refractivity contribution is -0.151. The van der Waals surface area contributed by atoms with Crippen molar-refractivity contribution in [2.75, 3.05) is 14.1 Å². The molecule has 194 valence electrons. The van der Waals surface area contributed by atoms with E-state index in [-0.39, 0.29) is 40.4 Å². The van der Waals surface area contributed by atoms with Crippen LogP contribution >= 0.6 is 0 Å². The zero-order valence-corrected chi connectivity index (χ0v) is 21.0. The summed E-state index contributed by atoms with van der Waals surface area (Å²) in [6.45, 7) is 0. The Kier molecular flexibility index (Phi) is 6.17. The molecule has 0 spiro atoms. The molecular formula is C29H32N2O6. The van der Waals surface area contributed by atoms with E-state index in [4.69, 9.17) is 5.73 Å². The molecule has 0 bridgehead atoms. The normalized spacial score (nSPS) is 29.1. The van der Waals surface area contributed by atoms with Gasteiger partial charge in [0.25, 0.3) is 0 Å². The second-order valence-electron chi connectivity index (χ2n) is 10.8. The third kappa shape index (κ3) is 3.94. The molecule has 0 heterocycles. The minimum atomic E-state index is -2.04. The number of carbonyl (C=O) groups is 2. The van der Waals surface area contributed by atoms with Crippen LogP contribution in [0.3, 0.4) is 0 Å². The van der Waals surface area contributed by atoms with E-state index in [1.54, 1.807) is 25.1 Å². The summed E-state index contributed by atoms with van der Waals surface area (Å²) in [5, 5.41) is 44.6. The number of hydrogen-bond donors (Lipinski definition) is 5. The smallest absolute Gasteiger partial charge is 0.248 e. The number of nitrogens with zero attached hydrogens (tertiary/aromatic N) is 1. The van der Waals surface area contributed by atoms with E-state index in [1.807, 2.05) is 0 Å². The van der Waals surface area contributed by atoms with Crippen molar-refractivity contribution >= 4 is 17.4 Å². The van der Waals surface area contributed by atoms with Gasteiger partial charge >= 0.3 is 0 Å². The summed E-state index contributed by atoms with van der Waals surface area (Å²) in [5.74, 6) is 2.84. The van der Waals surface area contributed by atoms with E-state index in [1.165, 1.54) is 6.07 Å². The van der Waals surface area contributed by atoms with Gasteiger partial charge in [-0.25, -0.2) is 0 Å². The molecule has 1 saturated carbocycles. The number of carbonyl (C=O) groups excluding carboxylic acids is 2. The zero-order valence-electron chi connectivity index (χ0n) is 21.0. The Hall–Kier alpha value is -3.54. The third-order valence-corrected chi connectivity index (χ3v) is 8.35. The number of aromatic hydroxyl groups is 1. The van der Waals surface area contributed by atoms with Crippen molar-refractivity contribution in [2.45, 2.75) is 56.6 Å². The maximum absolute atomic E-state index is 13.8. The topological polar surface area (TPSA) is 144 Å². The number of aliphatic hydroxyl groups excluding tert-OH is 2. The Morgan fingerprint density at radius 2 is 1.92 bits per heavy atom. The van der Waals surface area contributed by atoms with E-state index < -0.39 is 41.6 Å². The predicted octanol–water partition coefficient (Wildman–Crippen LogP) is 2.64. The number of primary amides is 1. The Morgan fingerprint density at radius 1 is 1.16 bits per heavy atom. The summed E-state index contributed by atoms with van der Waals surface area (Å²) in [6.07, 6.45) is 6.49. The summed E-state index contributed by atoms with van der Waals surface area (Å²) in [5.41, 5.74) is 5.83. The second kappa shape index (κ2) is 9.09. The number of benzene rings is 1. The van der Waals surface area contributed by atoms with Crippen LogP contribution < -0.4 is 5.73 Å². The largest absolute Gasteiger partial charge is 0.510 e. The van der Waals surface area contributed by atoms with Crippen molar-refractivity contribution in [1.82, 2.24) is 4.90 Å². The molecule has 0 aliphatic heterocycles. The number of ketones is 1. The zero-order chi connectivity index (χ0) is 26.6. The lowest BCUT2D eigenvalue weighted by atomic mass is 9.57. The number of fused-ring (bicyclic) bond motifs is 3. The first-order chi connectivity index (χ1) is 17.5. The molecule has 4 aliphatic rings. The molecule has 8 heteroatoms. The minimum absolute atomic E-state index is 0.0318. The molecule has 0 saturated heterocycles. The lowest BCUT2D eigenvalue weighted by Crippen LogP contribution is -2.62. The first kappa shape index (κ1) is 25.1. The van der Waals surface area contributed by atoms with Gasteiger partial charge in [0.15, 0.2) is 5.78 Å². The van der Waals surface area contributed by atoms with Gasteiger partial charge < -0.3 is 26.2 Å². The van der Waals surface area contributed by atoms with Gasteiger partial charge in [-0.05, 0) is 81.8 Å². The molecule has 0 radical (unpaired) electrons.